The van der Waals surface area contributed by atoms with Crippen molar-refractivity contribution >= 4 is 29.1 Å². The molecule has 126 valence electrons. The highest BCUT2D eigenvalue weighted by molar-refractivity contribution is 6.30. The van der Waals surface area contributed by atoms with Gasteiger partial charge in [-0.3, -0.25) is 9.59 Å². The zero-order valence-corrected chi connectivity index (χ0v) is 14.7. The van der Waals surface area contributed by atoms with Crippen molar-refractivity contribution in [2.24, 2.45) is 0 Å². The highest BCUT2D eigenvalue weighted by Gasteiger charge is 2.17. The minimum absolute atomic E-state index is 0.0638. The second-order valence-corrected chi connectivity index (χ2v) is 6.04. The Bertz CT molecular complexity index is 686. The van der Waals surface area contributed by atoms with Crippen molar-refractivity contribution in [2.75, 3.05) is 25.0 Å². The number of anilines is 1. The van der Waals surface area contributed by atoms with Crippen LogP contribution in [0.2, 0.25) is 5.02 Å². The maximum absolute atomic E-state index is 12.4. The van der Waals surface area contributed by atoms with Gasteiger partial charge in [0.1, 0.15) is 6.54 Å². The number of halogens is 1. The molecule has 0 aliphatic rings. The molecule has 24 heavy (non-hydrogen) atoms. The lowest BCUT2D eigenvalue weighted by molar-refractivity contribution is -0.133. The molecule has 2 aromatic carbocycles. The predicted octanol–water partition coefficient (Wildman–Crippen LogP) is 3.39. The predicted molar refractivity (Wildman–Crippen MR) is 97.3 cm³/mol. The average Bonchev–Trinajstić information content (AvgIpc) is 2.59. The Morgan fingerprint density at radius 1 is 1.00 bits per heavy atom. The van der Waals surface area contributed by atoms with Gasteiger partial charge in [-0.15, -0.1) is 0 Å². The van der Waals surface area contributed by atoms with Crippen LogP contribution in [0.5, 0.6) is 0 Å². The Labute approximate surface area is 147 Å². The van der Waals surface area contributed by atoms with Crippen LogP contribution in [0, 0.1) is 0 Å². The average molecular weight is 345 g/mol. The highest BCUT2D eigenvalue weighted by Crippen LogP contribution is 2.13. The number of carbonyl (C=O) groups is 2. The molecule has 5 heteroatoms. The summed E-state index contributed by atoms with van der Waals surface area (Å²) in [6.07, 6.45) is 0.680. The van der Waals surface area contributed by atoms with Gasteiger partial charge in [0, 0.05) is 31.2 Å². The van der Waals surface area contributed by atoms with Crippen LogP contribution in [-0.2, 0) is 16.0 Å². The van der Waals surface area contributed by atoms with E-state index in [4.69, 9.17) is 11.6 Å². The molecule has 2 amide bonds. The van der Waals surface area contributed by atoms with E-state index in [0.717, 1.165) is 11.3 Å². The Morgan fingerprint density at radius 2 is 1.62 bits per heavy atom. The summed E-state index contributed by atoms with van der Waals surface area (Å²) < 4.78 is 0. The van der Waals surface area contributed by atoms with E-state index in [1.807, 2.05) is 54.6 Å². The van der Waals surface area contributed by atoms with Crippen LogP contribution in [0.25, 0.3) is 0 Å². The third kappa shape index (κ3) is 5.10. The molecule has 0 aliphatic carbocycles. The number of rotatable bonds is 6. The number of para-hydroxylation sites is 1. The standard InChI is InChI=1S/C19H21ClN2O2/c1-15(23)22(13-12-16-8-10-17(20)11-9-16)14-19(24)21(2)18-6-4-3-5-7-18/h3-11H,12-14H2,1-2H3. The summed E-state index contributed by atoms with van der Waals surface area (Å²) in [7, 11) is 1.72. The molecular weight excluding hydrogens is 324 g/mol. The van der Waals surface area contributed by atoms with Gasteiger partial charge in [-0.1, -0.05) is 41.9 Å². The van der Waals surface area contributed by atoms with Crippen molar-refractivity contribution < 1.29 is 9.59 Å². The highest BCUT2D eigenvalue weighted by atomic mass is 35.5. The van der Waals surface area contributed by atoms with Crippen LogP contribution in [-0.4, -0.2) is 36.9 Å². The summed E-state index contributed by atoms with van der Waals surface area (Å²) in [6, 6.07) is 16.9. The molecule has 0 radical (unpaired) electrons. The SMILES string of the molecule is CC(=O)N(CCc1ccc(Cl)cc1)CC(=O)N(C)c1ccccc1. The number of hydrogen-bond acceptors (Lipinski definition) is 2. The van der Waals surface area contributed by atoms with E-state index in [-0.39, 0.29) is 18.4 Å². The molecule has 0 bridgehead atoms. The van der Waals surface area contributed by atoms with Crippen LogP contribution in [0.15, 0.2) is 54.6 Å². The summed E-state index contributed by atoms with van der Waals surface area (Å²) in [5.74, 6) is -0.230. The maximum Gasteiger partial charge on any atom is 0.246 e. The van der Waals surface area contributed by atoms with Gasteiger partial charge in [0.05, 0.1) is 0 Å². The molecule has 0 unspecified atom stereocenters. The molecule has 0 spiro atoms. The van der Waals surface area contributed by atoms with Crippen LogP contribution in [0.1, 0.15) is 12.5 Å². The molecule has 0 N–H and O–H groups in total. The monoisotopic (exact) mass is 344 g/mol. The lowest BCUT2D eigenvalue weighted by Gasteiger charge is -2.24. The molecule has 0 atom stereocenters. The molecule has 0 aliphatic heterocycles. The Kier molecular flexibility index (Phi) is 6.38. The number of benzene rings is 2. The quantitative estimate of drug-likeness (QED) is 0.806. The van der Waals surface area contributed by atoms with E-state index in [2.05, 4.69) is 0 Å². The van der Waals surface area contributed by atoms with Gasteiger partial charge >= 0.3 is 0 Å². The normalized spacial score (nSPS) is 10.3. The van der Waals surface area contributed by atoms with Crippen LogP contribution < -0.4 is 4.90 Å². The van der Waals surface area contributed by atoms with Crippen molar-refractivity contribution in [3.05, 3.63) is 65.2 Å². The molecule has 0 heterocycles. The van der Waals surface area contributed by atoms with Crippen molar-refractivity contribution in [1.82, 2.24) is 4.90 Å². The van der Waals surface area contributed by atoms with E-state index in [1.54, 1.807) is 16.8 Å². The number of nitrogens with zero attached hydrogens (tertiary/aromatic N) is 2. The molecule has 0 saturated heterocycles. The molecule has 0 aromatic heterocycles. The van der Waals surface area contributed by atoms with Crippen molar-refractivity contribution in [3.63, 3.8) is 0 Å². The third-order valence-corrected chi connectivity index (χ3v) is 4.12. The molecular formula is C19H21ClN2O2. The van der Waals surface area contributed by atoms with Gasteiger partial charge in [-0.2, -0.15) is 0 Å². The van der Waals surface area contributed by atoms with E-state index >= 15 is 0 Å². The first-order valence-electron chi connectivity index (χ1n) is 7.79. The number of amides is 2. The van der Waals surface area contributed by atoms with Crippen LogP contribution >= 0.6 is 11.6 Å². The Hall–Kier alpha value is -2.33. The van der Waals surface area contributed by atoms with E-state index < -0.39 is 0 Å². The van der Waals surface area contributed by atoms with Crippen molar-refractivity contribution in [2.45, 2.75) is 13.3 Å². The van der Waals surface area contributed by atoms with Crippen molar-refractivity contribution in [3.8, 4) is 0 Å². The van der Waals surface area contributed by atoms with Crippen molar-refractivity contribution in [1.29, 1.82) is 0 Å². The second kappa shape index (κ2) is 8.50. The topological polar surface area (TPSA) is 40.6 Å². The second-order valence-electron chi connectivity index (χ2n) is 5.61. The smallest absolute Gasteiger partial charge is 0.246 e. The number of likely N-dealkylation sites (N-methyl/N-ethyl adjacent to an activating group) is 1. The lowest BCUT2D eigenvalue weighted by atomic mass is 10.1. The van der Waals surface area contributed by atoms with Gasteiger partial charge in [-0.05, 0) is 36.2 Å². The first-order valence-corrected chi connectivity index (χ1v) is 8.16. The van der Waals surface area contributed by atoms with Gasteiger partial charge in [-0.25, -0.2) is 0 Å². The molecule has 2 aromatic rings. The van der Waals surface area contributed by atoms with E-state index in [0.29, 0.717) is 18.0 Å². The summed E-state index contributed by atoms with van der Waals surface area (Å²) in [4.78, 5) is 27.4. The minimum atomic E-state index is -0.118. The molecule has 2 rings (SSSR count). The molecule has 0 saturated carbocycles. The fourth-order valence-electron chi connectivity index (χ4n) is 2.33. The lowest BCUT2D eigenvalue weighted by Crippen LogP contribution is -2.41. The van der Waals surface area contributed by atoms with Gasteiger partial charge in [0.2, 0.25) is 11.8 Å². The Balaban J connectivity index is 1.96. The number of hydrogen-bond donors (Lipinski definition) is 0. The zero-order chi connectivity index (χ0) is 17.5. The fraction of sp³-hybridized carbons (Fsp3) is 0.263. The molecule has 4 nitrogen and oxygen atoms in total. The van der Waals surface area contributed by atoms with Gasteiger partial charge < -0.3 is 9.80 Å². The summed E-state index contributed by atoms with van der Waals surface area (Å²) in [5.41, 5.74) is 1.89. The maximum atomic E-state index is 12.4. The van der Waals surface area contributed by atoms with E-state index in [1.165, 1.54) is 6.92 Å². The minimum Gasteiger partial charge on any atom is -0.333 e. The number of carbonyl (C=O) groups excluding carboxylic acids is 2. The summed E-state index contributed by atoms with van der Waals surface area (Å²) >= 11 is 5.87. The Morgan fingerprint density at radius 3 is 2.21 bits per heavy atom. The van der Waals surface area contributed by atoms with E-state index in [9.17, 15) is 9.59 Å². The van der Waals surface area contributed by atoms with Gasteiger partial charge in [0.25, 0.3) is 0 Å². The first-order chi connectivity index (χ1) is 11.5. The summed E-state index contributed by atoms with van der Waals surface area (Å²) in [5, 5.41) is 0.682. The van der Waals surface area contributed by atoms with Crippen LogP contribution in [0.4, 0.5) is 5.69 Å². The summed E-state index contributed by atoms with van der Waals surface area (Å²) in [6.45, 7) is 2.04. The van der Waals surface area contributed by atoms with Gasteiger partial charge in [0.15, 0.2) is 0 Å². The molecule has 0 fully saturated rings. The van der Waals surface area contributed by atoms with Crippen LogP contribution in [0.3, 0.4) is 0 Å². The first kappa shape index (κ1) is 18.0. The fourth-order valence-corrected chi connectivity index (χ4v) is 2.45. The zero-order valence-electron chi connectivity index (χ0n) is 13.9. The largest absolute Gasteiger partial charge is 0.333 e. The third-order valence-electron chi connectivity index (χ3n) is 3.87.